The summed E-state index contributed by atoms with van der Waals surface area (Å²) < 4.78 is 134. The van der Waals surface area contributed by atoms with Crippen LogP contribution in [0.15, 0.2) is 0 Å². The number of alkyl halides is 10. The molecule has 0 bridgehead atoms. The Kier molecular flexibility index (Phi) is 7.43. The molecule has 0 aromatic rings. The minimum atomic E-state index is -7.14. The van der Waals surface area contributed by atoms with Crippen LogP contribution in [0.4, 0.5) is 43.9 Å². The minimum absolute atomic E-state index is 0.971. The predicted molar refractivity (Wildman–Crippen MR) is 47.1 cm³/mol. The molecule has 2 N–H and O–H groups in total. The van der Waals surface area contributed by atoms with E-state index < -0.39 is 41.3 Å². The van der Waals surface area contributed by atoms with E-state index in [1.807, 2.05) is 4.72 Å². The summed E-state index contributed by atoms with van der Waals surface area (Å²) in [5.74, 6) is -14.3. The third-order valence-corrected chi connectivity index (χ3v) is 1.98. The predicted octanol–water partition coefficient (Wildman–Crippen LogP) is 1.82. The fraction of sp³-hybridized carbons (Fsp3) is 1.00. The number of aliphatic hydroxyl groups excluding tert-OH is 1. The molecule has 0 saturated heterocycles. The van der Waals surface area contributed by atoms with Crippen molar-refractivity contribution < 1.29 is 57.4 Å². The van der Waals surface area contributed by atoms with Crippen molar-refractivity contribution in [3.8, 4) is 0 Å². The molecule has 1 unspecified atom stereocenters. The topological polar surface area (TPSA) is 66.4 Å². The van der Waals surface area contributed by atoms with E-state index in [4.69, 9.17) is 5.11 Å². The highest BCUT2D eigenvalue weighted by Gasteiger charge is 2.82. The Morgan fingerprint density at radius 2 is 1.05 bits per heavy atom. The number of hydrogen-bond donors (Lipinski definition) is 3. The summed E-state index contributed by atoms with van der Waals surface area (Å²) in [6, 6.07) is 0. The van der Waals surface area contributed by atoms with Crippen LogP contribution < -0.4 is 4.72 Å². The van der Waals surface area contributed by atoms with Gasteiger partial charge in [0.1, 0.15) is 6.23 Å². The number of hydrogen-bond acceptors (Lipinski definition) is 3. The number of aliphatic hydroxyl groups is 1. The van der Waals surface area contributed by atoms with Crippen LogP contribution in [-0.2, 0) is 10.9 Å². The molecule has 15 heteroatoms. The second-order valence-corrected chi connectivity index (χ2v) is 3.98. The van der Waals surface area contributed by atoms with Crippen LogP contribution in [0.1, 0.15) is 6.92 Å². The van der Waals surface area contributed by atoms with E-state index in [2.05, 4.69) is 0 Å². The van der Waals surface area contributed by atoms with Crippen LogP contribution in [0.2, 0.25) is 0 Å². The van der Waals surface area contributed by atoms with Crippen LogP contribution in [0.5, 0.6) is 0 Å². The average Bonchev–Trinajstić information content (AvgIpc) is 2.11. The van der Waals surface area contributed by atoms with Gasteiger partial charge in [0.05, 0.1) is 0 Å². The van der Waals surface area contributed by atoms with Gasteiger partial charge in [0.2, 0.25) is 10.9 Å². The molecule has 0 radical (unpaired) electrons. The number of thiol groups is 1. The molecule has 4 nitrogen and oxygen atoms in total. The summed E-state index contributed by atoms with van der Waals surface area (Å²) in [7, 11) is -2.64. The van der Waals surface area contributed by atoms with E-state index >= 15 is 0 Å². The van der Waals surface area contributed by atoms with Gasteiger partial charge in [-0.2, -0.15) is 48.6 Å². The summed E-state index contributed by atoms with van der Waals surface area (Å²) in [6.45, 7) is 1.32. The lowest BCUT2D eigenvalue weighted by Crippen LogP contribution is -2.59. The van der Waals surface area contributed by atoms with Crippen molar-refractivity contribution >= 4 is 10.9 Å². The van der Waals surface area contributed by atoms with Crippen LogP contribution in [0.25, 0.3) is 0 Å². The van der Waals surface area contributed by atoms with Gasteiger partial charge in [-0.25, -0.2) is 8.42 Å². The monoisotopic (exact) mass is 363 g/mol. The van der Waals surface area contributed by atoms with E-state index in [0.717, 1.165) is 0 Å². The van der Waals surface area contributed by atoms with Gasteiger partial charge >= 0.3 is 24.2 Å². The zero-order valence-corrected chi connectivity index (χ0v) is 10.5. The first-order valence-electron chi connectivity index (χ1n) is 4.35. The Hall–Kier alpha value is -0.830. The van der Waals surface area contributed by atoms with Gasteiger partial charge in [-0.3, -0.25) is 0 Å². The zero-order valence-electron chi connectivity index (χ0n) is 9.57. The largest absolute Gasteiger partial charge is 0.460 e. The lowest BCUT2D eigenvalue weighted by Gasteiger charge is -2.29. The SMILES string of the molecule is CC(O)N[SH](=O)=O.FC(F)(F)C(F)(F)C(F)(F)C(F)(F)F. The summed E-state index contributed by atoms with van der Waals surface area (Å²) in [5, 5.41) is 8.23. The molecule has 0 aliphatic carbocycles. The molecule has 0 fully saturated rings. The number of rotatable bonds is 3. The van der Waals surface area contributed by atoms with E-state index in [0.29, 0.717) is 0 Å². The van der Waals surface area contributed by atoms with Crippen LogP contribution in [-0.4, -0.2) is 43.9 Å². The van der Waals surface area contributed by atoms with Crippen molar-refractivity contribution in [2.75, 3.05) is 0 Å². The smallest absolute Gasteiger partial charge is 0.378 e. The molecule has 0 heterocycles. The molecule has 0 aliphatic rings. The van der Waals surface area contributed by atoms with Crippen LogP contribution >= 0.6 is 0 Å². The van der Waals surface area contributed by atoms with Gasteiger partial charge in [-0.15, -0.1) is 0 Å². The summed E-state index contributed by atoms with van der Waals surface area (Å²) >= 11 is 0. The Labute approximate surface area is 111 Å². The van der Waals surface area contributed by atoms with Crippen LogP contribution in [0, 0.1) is 0 Å². The third kappa shape index (κ3) is 6.21. The maximum absolute atomic E-state index is 11.6. The van der Waals surface area contributed by atoms with E-state index in [9.17, 15) is 52.3 Å². The fourth-order valence-corrected chi connectivity index (χ4v) is 0.814. The molecule has 21 heavy (non-hydrogen) atoms. The van der Waals surface area contributed by atoms with Gasteiger partial charge in [-0.05, 0) is 6.92 Å². The molecule has 1 atom stereocenters. The Bertz CT molecular complexity index is 367. The van der Waals surface area contributed by atoms with Crippen molar-refractivity contribution in [2.24, 2.45) is 0 Å². The lowest BCUT2D eigenvalue weighted by molar-refractivity contribution is -0.419. The molecule has 0 amide bonds. The highest BCUT2D eigenvalue weighted by Crippen LogP contribution is 2.53. The first-order chi connectivity index (χ1) is 8.88. The Morgan fingerprint density at radius 1 is 0.810 bits per heavy atom. The quantitative estimate of drug-likeness (QED) is 0.407. The molecular formula is C6H7F10NO3S. The molecule has 0 saturated carbocycles. The molecule has 0 rings (SSSR count). The van der Waals surface area contributed by atoms with Crippen LogP contribution in [0.3, 0.4) is 0 Å². The van der Waals surface area contributed by atoms with E-state index in [1.54, 1.807) is 0 Å². The number of halogens is 10. The fourth-order valence-electron chi connectivity index (χ4n) is 0.509. The molecule has 0 spiro atoms. The third-order valence-electron chi connectivity index (χ3n) is 1.40. The number of nitrogens with one attached hydrogen (secondary N) is 1. The van der Waals surface area contributed by atoms with Gasteiger partial charge < -0.3 is 5.11 Å². The maximum atomic E-state index is 11.6. The highest BCUT2D eigenvalue weighted by molar-refractivity contribution is 7.70. The first-order valence-corrected chi connectivity index (χ1v) is 5.53. The van der Waals surface area contributed by atoms with Crippen molar-refractivity contribution in [3.63, 3.8) is 0 Å². The maximum Gasteiger partial charge on any atom is 0.460 e. The standard InChI is InChI=1S/C4F10.C2H7NO3S/c5-1(6,3(9,10)11)2(7,8)4(12,13)14;1-2(4)3-7(5)6/h;2,4,7H,1H3,(H,3,5,6). The Morgan fingerprint density at radius 3 is 1.10 bits per heavy atom. The lowest BCUT2D eigenvalue weighted by atomic mass is 10.1. The molecule has 0 aromatic carbocycles. The van der Waals surface area contributed by atoms with Gasteiger partial charge in [0, 0.05) is 0 Å². The minimum Gasteiger partial charge on any atom is -0.378 e. The highest BCUT2D eigenvalue weighted by atomic mass is 32.2. The van der Waals surface area contributed by atoms with Gasteiger partial charge in [0.25, 0.3) is 0 Å². The molecule has 130 valence electrons. The first kappa shape index (κ1) is 22.5. The molecule has 0 aliphatic heterocycles. The van der Waals surface area contributed by atoms with Crippen molar-refractivity contribution in [1.29, 1.82) is 0 Å². The normalized spacial score (nSPS) is 15.5. The summed E-state index contributed by atoms with van der Waals surface area (Å²) in [5.41, 5.74) is 0. The second-order valence-electron chi connectivity index (χ2n) is 3.21. The van der Waals surface area contributed by atoms with Crippen molar-refractivity contribution in [3.05, 3.63) is 0 Å². The second kappa shape index (κ2) is 6.95. The summed E-state index contributed by atoms with van der Waals surface area (Å²) in [4.78, 5) is 0. The summed E-state index contributed by atoms with van der Waals surface area (Å²) in [6.07, 6.45) is -14.9. The van der Waals surface area contributed by atoms with Gasteiger partial charge in [0.15, 0.2) is 0 Å². The van der Waals surface area contributed by atoms with Crippen molar-refractivity contribution in [1.82, 2.24) is 4.72 Å². The van der Waals surface area contributed by atoms with E-state index in [-0.39, 0.29) is 0 Å². The van der Waals surface area contributed by atoms with E-state index in [1.165, 1.54) is 6.92 Å². The Balaban J connectivity index is 0. The molecular weight excluding hydrogens is 356 g/mol. The zero-order chi connectivity index (χ0) is 17.9. The average molecular weight is 363 g/mol. The molecule has 0 aromatic heterocycles. The van der Waals surface area contributed by atoms with Gasteiger partial charge in [-0.1, -0.05) is 0 Å². The van der Waals surface area contributed by atoms with Crippen molar-refractivity contribution in [2.45, 2.75) is 37.3 Å².